The van der Waals surface area contributed by atoms with E-state index in [-0.39, 0.29) is 23.8 Å². The number of fused-ring (bicyclic) bond motifs is 2. The van der Waals surface area contributed by atoms with Crippen LogP contribution in [0.15, 0.2) is 53.3 Å². The third kappa shape index (κ3) is 7.77. The van der Waals surface area contributed by atoms with Crippen molar-refractivity contribution >= 4 is 16.8 Å². The van der Waals surface area contributed by atoms with Gasteiger partial charge in [-0.05, 0) is 59.9 Å². The summed E-state index contributed by atoms with van der Waals surface area (Å²) in [5.41, 5.74) is 3.24. The van der Waals surface area contributed by atoms with Gasteiger partial charge in [0, 0.05) is 57.8 Å². The molecular weight excluding hydrogens is 532 g/mol. The molecule has 1 saturated heterocycles. The Bertz CT molecular complexity index is 1400. The third-order valence-corrected chi connectivity index (χ3v) is 8.85. The van der Waals surface area contributed by atoms with E-state index < -0.39 is 6.10 Å². The first-order chi connectivity index (χ1) is 20.4. The van der Waals surface area contributed by atoms with Crippen molar-refractivity contribution in [3.63, 3.8) is 0 Å². The highest BCUT2D eigenvalue weighted by molar-refractivity contribution is 5.87. The number of nitrogens with zero attached hydrogens (tertiary/aromatic N) is 2. The summed E-state index contributed by atoms with van der Waals surface area (Å²) in [6.45, 7) is 5.80. The Morgan fingerprint density at radius 3 is 2.71 bits per heavy atom. The Kier molecular flexibility index (Phi) is 10.3. The number of aromatic nitrogens is 1. The summed E-state index contributed by atoms with van der Waals surface area (Å²) in [6.07, 6.45) is 4.55. The molecule has 42 heavy (non-hydrogen) atoms. The SMILES string of the molecule is CN(CCNC[C@H](O)c1ccc(O)c2[nH]c(=O)ccc12)C(=O)CCOCCc1cccc(CN2CC3CCCC3C2)c1. The summed E-state index contributed by atoms with van der Waals surface area (Å²) in [5.74, 6) is 1.81. The Morgan fingerprint density at radius 1 is 1.12 bits per heavy atom. The van der Waals surface area contributed by atoms with Crippen molar-refractivity contribution in [3.05, 3.63) is 75.6 Å². The second-order valence-electron chi connectivity index (χ2n) is 11.9. The lowest BCUT2D eigenvalue weighted by Gasteiger charge is -2.19. The van der Waals surface area contributed by atoms with Crippen LogP contribution in [0.3, 0.4) is 0 Å². The molecule has 1 amide bonds. The number of aliphatic hydroxyl groups excluding tert-OH is 1. The maximum Gasteiger partial charge on any atom is 0.248 e. The number of nitrogens with one attached hydrogen (secondary N) is 2. The van der Waals surface area contributed by atoms with Gasteiger partial charge < -0.3 is 30.2 Å². The number of carbonyl (C=O) groups is 1. The number of aromatic hydroxyl groups is 1. The number of H-pyrrole nitrogens is 1. The monoisotopic (exact) mass is 576 g/mol. The Morgan fingerprint density at radius 2 is 1.90 bits per heavy atom. The molecule has 3 atom stereocenters. The number of aliphatic hydroxyl groups is 1. The predicted octanol–water partition coefficient (Wildman–Crippen LogP) is 3.20. The normalized spacial score (nSPS) is 19.3. The number of ether oxygens (including phenoxy) is 1. The van der Waals surface area contributed by atoms with Crippen LogP contribution in [0.5, 0.6) is 5.75 Å². The van der Waals surface area contributed by atoms with Crippen LogP contribution >= 0.6 is 0 Å². The molecule has 1 aliphatic carbocycles. The Hall–Kier alpha value is -3.24. The maximum absolute atomic E-state index is 12.5. The molecule has 1 aliphatic heterocycles. The quantitative estimate of drug-likeness (QED) is 0.218. The van der Waals surface area contributed by atoms with E-state index in [4.69, 9.17) is 4.74 Å². The van der Waals surface area contributed by atoms with Crippen LogP contribution < -0.4 is 10.9 Å². The number of hydrogen-bond donors (Lipinski definition) is 4. The van der Waals surface area contributed by atoms with Gasteiger partial charge in [-0.1, -0.05) is 36.8 Å². The zero-order chi connectivity index (χ0) is 29.5. The highest BCUT2D eigenvalue weighted by Crippen LogP contribution is 2.38. The second-order valence-corrected chi connectivity index (χ2v) is 11.9. The average Bonchev–Trinajstić information content (AvgIpc) is 3.57. The van der Waals surface area contributed by atoms with E-state index in [9.17, 15) is 19.8 Å². The second kappa shape index (κ2) is 14.3. The number of likely N-dealkylation sites (tertiary alicyclic amines) is 1. The van der Waals surface area contributed by atoms with Gasteiger partial charge in [0.25, 0.3) is 0 Å². The number of carbonyl (C=O) groups excluding carboxylic acids is 1. The van der Waals surface area contributed by atoms with Gasteiger partial charge >= 0.3 is 0 Å². The van der Waals surface area contributed by atoms with E-state index in [2.05, 4.69) is 39.5 Å². The molecule has 0 radical (unpaired) electrons. The molecule has 1 saturated carbocycles. The summed E-state index contributed by atoms with van der Waals surface area (Å²) >= 11 is 0. The molecule has 0 spiro atoms. The number of phenols is 1. The standard InChI is InChI=1S/C33H44N4O5/c1-36(15-14-34-19-30(39)27-8-10-29(38)33-28(27)9-11-31(40)35-33)32(41)13-17-42-16-12-23-4-2-5-24(18-23)20-37-21-25-6-3-7-26(25)22-37/h2,4-5,8-11,18,25-26,30,34,38-39H,3,6-7,12-17,19-22H2,1H3,(H,35,40)/t25?,26?,30-/m0/s1. The van der Waals surface area contributed by atoms with Crippen LogP contribution in [0.1, 0.15) is 48.5 Å². The molecule has 0 bridgehead atoms. The van der Waals surface area contributed by atoms with Crippen molar-refractivity contribution < 1.29 is 19.7 Å². The maximum atomic E-state index is 12.5. The number of aromatic amines is 1. The molecular formula is C33H44N4O5. The number of phenolic OH excluding ortho intramolecular Hbond substituents is 1. The molecule has 1 aromatic heterocycles. The molecule has 2 aliphatic rings. The van der Waals surface area contributed by atoms with E-state index in [0.29, 0.717) is 49.2 Å². The predicted molar refractivity (Wildman–Crippen MR) is 163 cm³/mol. The van der Waals surface area contributed by atoms with Gasteiger partial charge in [0.2, 0.25) is 11.5 Å². The van der Waals surface area contributed by atoms with Crippen LogP contribution in [-0.4, -0.2) is 83.9 Å². The number of benzene rings is 2. The van der Waals surface area contributed by atoms with Crippen molar-refractivity contribution in [1.29, 1.82) is 0 Å². The number of likely N-dealkylation sites (N-methyl/N-ethyl adjacent to an activating group) is 1. The lowest BCUT2D eigenvalue weighted by molar-refractivity contribution is -0.131. The fourth-order valence-corrected chi connectivity index (χ4v) is 6.52. The van der Waals surface area contributed by atoms with Gasteiger partial charge in [-0.25, -0.2) is 0 Å². The van der Waals surface area contributed by atoms with E-state index in [0.717, 1.165) is 24.8 Å². The van der Waals surface area contributed by atoms with E-state index in [1.165, 1.54) is 55.6 Å². The average molecular weight is 577 g/mol. The molecule has 2 fully saturated rings. The summed E-state index contributed by atoms with van der Waals surface area (Å²) in [4.78, 5) is 31.0. The largest absolute Gasteiger partial charge is 0.506 e. The fraction of sp³-hybridized carbons (Fsp3) is 0.515. The Balaban J connectivity index is 0.955. The van der Waals surface area contributed by atoms with Crippen molar-refractivity contribution in [3.8, 4) is 5.75 Å². The Labute approximate surface area is 247 Å². The minimum Gasteiger partial charge on any atom is -0.506 e. The number of rotatable bonds is 14. The molecule has 2 aromatic carbocycles. The van der Waals surface area contributed by atoms with Crippen molar-refractivity contribution in [2.75, 3.05) is 53.0 Å². The van der Waals surface area contributed by atoms with Crippen LogP contribution in [0.2, 0.25) is 0 Å². The number of pyridine rings is 1. The zero-order valence-corrected chi connectivity index (χ0v) is 24.6. The topological polar surface area (TPSA) is 118 Å². The van der Waals surface area contributed by atoms with Gasteiger partial charge in [-0.2, -0.15) is 0 Å². The van der Waals surface area contributed by atoms with Crippen LogP contribution in [0.4, 0.5) is 0 Å². The van der Waals surface area contributed by atoms with Crippen molar-refractivity contribution in [2.24, 2.45) is 11.8 Å². The molecule has 9 nitrogen and oxygen atoms in total. The fourth-order valence-electron chi connectivity index (χ4n) is 6.52. The number of hydrogen-bond acceptors (Lipinski definition) is 7. The highest BCUT2D eigenvalue weighted by Gasteiger charge is 2.35. The van der Waals surface area contributed by atoms with E-state index in [1.54, 1.807) is 24.1 Å². The van der Waals surface area contributed by atoms with Crippen molar-refractivity contribution in [1.82, 2.24) is 20.1 Å². The highest BCUT2D eigenvalue weighted by atomic mass is 16.5. The molecule has 226 valence electrons. The molecule has 2 unspecified atom stereocenters. The van der Waals surface area contributed by atoms with Gasteiger partial charge in [0.15, 0.2) is 0 Å². The molecule has 9 heteroatoms. The molecule has 5 rings (SSSR count). The van der Waals surface area contributed by atoms with E-state index >= 15 is 0 Å². The van der Waals surface area contributed by atoms with Crippen molar-refractivity contribution in [2.45, 2.75) is 44.8 Å². The van der Waals surface area contributed by atoms with Gasteiger partial charge in [0.1, 0.15) is 5.75 Å². The first-order valence-corrected chi connectivity index (χ1v) is 15.2. The lowest BCUT2D eigenvalue weighted by atomic mass is 10.0. The van der Waals surface area contributed by atoms with Crippen LogP contribution in [0, 0.1) is 11.8 Å². The van der Waals surface area contributed by atoms with Gasteiger partial charge in [0.05, 0.1) is 31.3 Å². The molecule has 3 aromatic rings. The smallest absolute Gasteiger partial charge is 0.248 e. The number of amides is 1. The van der Waals surface area contributed by atoms with Gasteiger partial charge in [-0.3, -0.25) is 14.5 Å². The first-order valence-electron chi connectivity index (χ1n) is 15.2. The zero-order valence-electron chi connectivity index (χ0n) is 24.6. The summed E-state index contributed by atoms with van der Waals surface area (Å²) in [5, 5.41) is 24.5. The van der Waals surface area contributed by atoms with E-state index in [1.807, 2.05) is 0 Å². The summed E-state index contributed by atoms with van der Waals surface area (Å²) < 4.78 is 5.79. The summed E-state index contributed by atoms with van der Waals surface area (Å²) in [7, 11) is 1.77. The minimum absolute atomic E-state index is 0.0169. The van der Waals surface area contributed by atoms with Crippen LogP contribution in [0.25, 0.3) is 10.9 Å². The third-order valence-electron chi connectivity index (χ3n) is 8.85. The lowest BCUT2D eigenvalue weighted by Crippen LogP contribution is -2.35. The minimum atomic E-state index is -0.839. The molecule has 4 N–H and O–H groups in total. The summed E-state index contributed by atoms with van der Waals surface area (Å²) in [6, 6.07) is 14.9. The van der Waals surface area contributed by atoms with Crippen LogP contribution in [-0.2, 0) is 22.5 Å². The molecule has 2 heterocycles. The van der Waals surface area contributed by atoms with Gasteiger partial charge in [-0.15, -0.1) is 0 Å². The first kappa shape index (κ1) is 30.2.